The molecule has 2 aromatic carbocycles. The number of aliphatic hydroxyl groups excluding tert-OH is 1. The second-order valence-electron chi connectivity index (χ2n) is 12.5. The largest absolute Gasteiger partial charge is 0.508 e. The Hall–Kier alpha value is -3.24. The summed E-state index contributed by atoms with van der Waals surface area (Å²) in [4.78, 5) is 16.3. The second kappa shape index (κ2) is 10.8. The summed E-state index contributed by atoms with van der Waals surface area (Å²) in [7, 11) is 0. The molecule has 0 radical (unpaired) electrons. The van der Waals surface area contributed by atoms with Gasteiger partial charge in [-0.2, -0.15) is 9.97 Å². The van der Waals surface area contributed by atoms with Gasteiger partial charge in [-0.25, -0.2) is 8.78 Å². The van der Waals surface area contributed by atoms with E-state index >= 15 is 0 Å². The fourth-order valence-corrected chi connectivity index (χ4v) is 7.79. The molecule has 0 spiro atoms. The van der Waals surface area contributed by atoms with E-state index in [2.05, 4.69) is 14.7 Å². The summed E-state index contributed by atoms with van der Waals surface area (Å²) in [5, 5.41) is 22.7. The van der Waals surface area contributed by atoms with Gasteiger partial charge in [-0.15, -0.1) is 0 Å². The molecule has 0 amide bonds. The Balaban J connectivity index is 1.25. The minimum Gasteiger partial charge on any atom is -0.508 e. The summed E-state index contributed by atoms with van der Waals surface area (Å²) in [5.41, 5.74) is 2.95. The maximum atomic E-state index is 14.9. The van der Waals surface area contributed by atoms with Crippen LogP contribution in [0.5, 0.6) is 11.8 Å². The molecule has 4 aliphatic heterocycles. The predicted molar refractivity (Wildman–Crippen MR) is 158 cm³/mol. The molecule has 10 heteroatoms. The first-order chi connectivity index (χ1) is 20.3. The topological polar surface area (TPSA) is 85.2 Å². The van der Waals surface area contributed by atoms with Crippen molar-refractivity contribution < 1.29 is 23.7 Å². The Morgan fingerprint density at radius 2 is 1.98 bits per heavy atom. The van der Waals surface area contributed by atoms with Crippen molar-refractivity contribution in [1.29, 1.82) is 0 Å². The van der Waals surface area contributed by atoms with E-state index in [0.717, 1.165) is 72.3 Å². The number of anilines is 2. The molecule has 3 fully saturated rings. The lowest BCUT2D eigenvalue weighted by Crippen LogP contribution is -2.44. The van der Waals surface area contributed by atoms with Crippen molar-refractivity contribution in [2.45, 2.75) is 76.2 Å². The number of aromatic nitrogens is 2. The van der Waals surface area contributed by atoms with Gasteiger partial charge in [0, 0.05) is 55.3 Å². The molecule has 1 unspecified atom stereocenters. The smallest absolute Gasteiger partial charge is 0.318 e. The van der Waals surface area contributed by atoms with Gasteiger partial charge in [0.25, 0.3) is 0 Å². The highest BCUT2D eigenvalue weighted by Gasteiger charge is 2.49. The van der Waals surface area contributed by atoms with Crippen molar-refractivity contribution in [3.05, 3.63) is 46.9 Å². The number of aromatic hydroxyl groups is 1. The zero-order chi connectivity index (χ0) is 29.0. The number of rotatable bonds is 6. The van der Waals surface area contributed by atoms with Crippen LogP contribution in [0, 0.1) is 5.82 Å². The van der Waals surface area contributed by atoms with Crippen LogP contribution in [0.4, 0.5) is 20.3 Å². The Bertz CT molecular complexity index is 1500. The molecule has 224 valence electrons. The van der Waals surface area contributed by atoms with Crippen molar-refractivity contribution in [2.24, 2.45) is 0 Å². The molecular formula is C32H39F2N5O3. The van der Waals surface area contributed by atoms with Crippen LogP contribution in [-0.4, -0.2) is 82.2 Å². The molecule has 0 saturated carbocycles. The summed E-state index contributed by atoms with van der Waals surface area (Å²) in [6, 6.07) is 6.85. The monoisotopic (exact) mass is 579 g/mol. The number of ether oxygens (including phenoxy) is 1. The van der Waals surface area contributed by atoms with Gasteiger partial charge < -0.3 is 24.7 Å². The van der Waals surface area contributed by atoms with Crippen molar-refractivity contribution in [3.8, 4) is 11.8 Å². The van der Waals surface area contributed by atoms with Gasteiger partial charge in [0.2, 0.25) is 0 Å². The van der Waals surface area contributed by atoms with Crippen molar-refractivity contribution >= 4 is 22.3 Å². The van der Waals surface area contributed by atoms with Crippen LogP contribution >= 0.6 is 0 Å². The molecule has 3 saturated heterocycles. The Morgan fingerprint density at radius 1 is 1.10 bits per heavy atom. The van der Waals surface area contributed by atoms with Crippen molar-refractivity contribution in [3.63, 3.8) is 0 Å². The number of benzene rings is 2. The third kappa shape index (κ3) is 4.82. The van der Waals surface area contributed by atoms with E-state index < -0.39 is 12.3 Å². The Labute approximate surface area is 244 Å². The number of phenols is 1. The maximum Gasteiger partial charge on any atom is 0.318 e. The zero-order valence-corrected chi connectivity index (χ0v) is 24.2. The third-order valence-corrected chi connectivity index (χ3v) is 9.78. The number of piperidine rings is 1. The number of nitrogens with zero attached hydrogens (tertiary/aromatic N) is 5. The number of halogens is 2. The number of phenolic OH excluding ortho intramolecular Hbond substituents is 1. The van der Waals surface area contributed by atoms with Crippen LogP contribution < -0.4 is 14.5 Å². The summed E-state index contributed by atoms with van der Waals surface area (Å²) in [6.07, 6.45) is 3.98. The molecule has 7 rings (SSSR count). The van der Waals surface area contributed by atoms with Crippen LogP contribution in [-0.2, 0) is 19.4 Å². The normalized spacial score (nSPS) is 26.1. The van der Waals surface area contributed by atoms with E-state index in [-0.39, 0.29) is 23.1 Å². The van der Waals surface area contributed by atoms with E-state index in [1.807, 2.05) is 6.92 Å². The van der Waals surface area contributed by atoms with Crippen molar-refractivity contribution in [2.75, 3.05) is 49.1 Å². The lowest BCUT2D eigenvalue weighted by Gasteiger charge is -2.37. The first-order valence-corrected chi connectivity index (χ1v) is 15.4. The number of alkyl halides is 1. The molecule has 2 N–H and O–H groups in total. The van der Waals surface area contributed by atoms with E-state index in [4.69, 9.17) is 14.7 Å². The molecule has 5 heterocycles. The average molecular weight is 580 g/mol. The fraction of sp³-hybridized carbons (Fsp3) is 0.562. The molecule has 0 aliphatic carbocycles. The van der Waals surface area contributed by atoms with Gasteiger partial charge in [-0.05, 0) is 68.2 Å². The summed E-state index contributed by atoms with van der Waals surface area (Å²) in [6.45, 7) is 6.02. The molecule has 4 aliphatic rings. The minimum atomic E-state index is -0.840. The van der Waals surface area contributed by atoms with Crippen LogP contribution in [0.3, 0.4) is 0 Å². The van der Waals surface area contributed by atoms with Crippen LogP contribution in [0.2, 0.25) is 0 Å². The second-order valence-corrected chi connectivity index (χ2v) is 12.5. The Kier molecular flexibility index (Phi) is 7.09. The first-order valence-electron chi connectivity index (χ1n) is 15.4. The van der Waals surface area contributed by atoms with E-state index in [1.165, 1.54) is 6.07 Å². The molecular weight excluding hydrogens is 540 g/mol. The van der Waals surface area contributed by atoms with Crippen LogP contribution in [0.25, 0.3) is 10.8 Å². The number of aliphatic hydroxyl groups is 1. The standard InChI is InChI=1S/C32H39F2N5O3/c1-2-24-26(34)7-6-20-13-23(41)14-28(29(20)24)37-12-8-25-27(18-37)35-31(36-30(25)38-10-3-5-22(40)17-38)42-19-32-9-4-11-39(32)16-21(33)15-32/h6-7,13-14,21-22,40-41H,2-5,8-12,15-19H2,1H3/t21-,22?,32+/m1/s1. The minimum absolute atomic E-state index is 0.134. The summed E-state index contributed by atoms with van der Waals surface area (Å²) < 4.78 is 35.6. The number of hydrogen-bond donors (Lipinski definition) is 2. The highest BCUT2D eigenvalue weighted by molar-refractivity contribution is 5.98. The number of β-amino-alcohol motifs (C(OH)–C–C–N with tert-alkyl or cyclic N) is 1. The maximum absolute atomic E-state index is 14.9. The summed E-state index contributed by atoms with van der Waals surface area (Å²) in [5.74, 6) is 0.681. The van der Waals surface area contributed by atoms with Crippen LogP contribution in [0.15, 0.2) is 24.3 Å². The van der Waals surface area contributed by atoms with E-state index in [9.17, 15) is 19.0 Å². The molecule has 3 aromatic rings. The first kappa shape index (κ1) is 27.6. The van der Waals surface area contributed by atoms with Crippen LogP contribution in [0.1, 0.15) is 55.8 Å². The predicted octanol–water partition coefficient (Wildman–Crippen LogP) is 4.52. The van der Waals surface area contributed by atoms with Gasteiger partial charge in [0.15, 0.2) is 0 Å². The van der Waals surface area contributed by atoms with E-state index in [0.29, 0.717) is 57.6 Å². The lowest BCUT2D eigenvalue weighted by molar-refractivity contribution is 0.107. The quantitative estimate of drug-likeness (QED) is 0.441. The van der Waals surface area contributed by atoms with Gasteiger partial charge in [-0.3, -0.25) is 4.90 Å². The Morgan fingerprint density at radius 3 is 2.81 bits per heavy atom. The number of fused-ring (bicyclic) bond motifs is 3. The van der Waals surface area contributed by atoms with Gasteiger partial charge in [-0.1, -0.05) is 13.0 Å². The number of hydrogen-bond acceptors (Lipinski definition) is 8. The highest BCUT2D eigenvalue weighted by Crippen LogP contribution is 2.42. The molecule has 42 heavy (non-hydrogen) atoms. The number of aryl methyl sites for hydroxylation is 1. The SMILES string of the molecule is CCc1c(F)ccc2cc(O)cc(N3CCc4c(nc(OC[C@@]56CCCN5C[C@H](F)C6)nc4N4CCCC(O)C4)C3)c12. The lowest BCUT2D eigenvalue weighted by atomic mass is 9.95. The highest BCUT2D eigenvalue weighted by atomic mass is 19.1. The molecule has 3 atom stereocenters. The molecule has 1 aromatic heterocycles. The van der Waals surface area contributed by atoms with Gasteiger partial charge in [0.1, 0.15) is 30.2 Å². The van der Waals surface area contributed by atoms with Gasteiger partial charge >= 0.3 is 6.01 Å². The molecule has 0 bridgehead atoms. The third-order valence-electron chi connectivity index (χ3n) is 9.78. The zero-order valence-electron chi connectivity index (χ0n) is 24.2. The van der Waals surface area contributed by atoms with Gasteiger partial charge in [0.05, 0.1) is 23.9 Å². The fourth-order valence-electron chi connectivity index (χ4n) is 7.79. The van der Waals surface area contributed by atoms with Crippen molar-refractivity contribution in [1.82, 2.24) is 14.9 Å². The molecule has 8 nitrogen and oxygen atoms in total. The average Bonchev–Trinajstić information content (AvgIpc) is 3.50. The van der Waals surface area contributed by atoms with E-state index in [1.54, 1.807) is 18.2 Å². The summed E-state index contributed by atoms with van der Waals surface area (Å²) >= 11 is 0.